The predicted octanol–water partition coefficient (Wildman–Crippen LogP) is 1.45. The van der Waals surface area contributed by atoms with E-state index in [0.717, 1.165) is 0 Å². The molecule has 0 fully saturated rings. The molecule has 0 rings (SSSR count). The van der Waals surface area contributed by atoms with Gasteiger partial charge in [-0.05, 0) is 19.8 Å². The maximum atomic E-state index is 2.24. The molecule has 1 heteroatoms. The molecular formula is C7H16Si. The van der Waals surface area contributed by atoms with Gasteiger partial charge in [-0.1, -0.05) is 24.6 Å². The predicted molar refractivity (Wildman–Crippen MR) is 43.2 cm³/mol. The van der Waals surface area contributed by atoms with E-state index in [4.69, 9.17) is 0 Å². The minimum atomic E-state index is 1.25. The molecule has 0 aliphatic rings. The van der Waals surface area contributed by atoms with Gasteiger partial charge in [0.25, 0.3) is 0 Å². The number of rotatable bonds is 2. The Labute approximate surface area is 55.4 Å². The normalized spacial score (nSPS) is 9.38. The summed E-state index contributed by atoms with van der Waals surface area (Å²) in [6.45, 7) is 6.72. The van der Waals surface area contributed by atoms with Crippen molar-refractivity contribution in [1.82, 2.24) is 0 Å². The highest BCUT2D eigenvalue weighted by atomic mass is 28.1. The first-order chi connectivity index (χ1) is 3.72. The van der Waals surface area contributed by atoms with Crippen LogP contribution in [0.4, 0.5) is 0 Å². The summed E-state index contributed by atoms with van der Waals surface area (Å²) < 4.78 is 0. The molecule has 0 bridgehead atoms. The van der Waals surface area contributed by atoms with Crippen LogP contribution in [-0.4, -0.2) is 10.2 Å². The van der Waals surface area contributed by atoms with Gasteiger partial charge < -0.3 is 0 Å². The highest BCUT2D eigenvalue weighted by molar-refractivity contribution is 6.21. The van der Waals surface area contributed by atoms with Crippen molar-refractivity contribution in [2.45, 2.75) is 33.6 Å². The zero-order chi connectivity index (χ0) is 6.57. The summed E-state index contributed by atoms with van der Waals surface area (Å²) in [5.41, 5.74) is 1.66. The fraction of sp³-hybridized carbons (Fsp3) is 0.714. The van der Waals surface area contributed by atoms with E-state index in [2.05, 4.69) is 20.8 Å². The third kappa shape index (κ3) is 2.31. The molecule has 0 saturated carbocycles. The zero-order valence-corrected chi connectivity index (χ0v) is 8.41. The fourth-order valence-corrected chi connectivity index (χ4v) is 1.66. The lowest BCUT2D eigenvalue weighted by atomic mass is 10.1. The van der Waals surface area contributed by atoms with Crippen molar-refractivity contribution in [2.24, 2.45) is 0 Å². The standard InChI is InChI=1S/C7H16Si/c1-4-7(5-2)6(3)8/h4-5H2,1-3,8H3. The molecule has 0 aliphatic carbocycles. The number of hydrogen-bond donors (Lipinski definition) is 0. The van der Waals surface area contributed by atoms with Crippen LogP contribution in [0.3, 0.4) is 0 Å². The van der Waals surface area contributed by atoms with E-state index in [1.54, 1.807) is 10.8 Å². The molecule has 0 heterocycles. The maximum Gasteiger partial charge on any atom is 0.0328 e. The van der Waals surface area contributed by atoms with Crippen LogP contribution in [0.5, 0.6) is 0 Å². The van der Waals surface area contributed by atoms with Crippen molar-refractivity contribution in [3.63, 3.8) is 0 Å². The molecule has 0 aromatic carbocycles. The van der Waals surface area contributed by atoms with Gasteiger partial charge >= 0.3 is 0 Å². The Morgan fingerprint density at radius 3 is 1.62 bits per heavy atom. The third-order valence-electron chi connectivity index (χ3n) is 1.56. The topological polar surface area (TPSA) is 0 Å². The first-order valence-electron chi connectivity index (χ1n) is 3.37. The minimum Gasteiger partial charge on any atom is -0.0956 e. The van der Waals surface area contributed by atoms with Crippen molar-refractivity contribution in [3.8, 4) is 0 Å². The molecule has 0 spiro atoms. The van der Waals surface area contributed by atoms with Gasteiger partial charge in [0.1, 0.15) is 0 Å². The summed E-state index contributed by atoms with van der Waals surface area (Å²) in [5, 5.41) is 1.63. The number of hydrogen-bond acceptors (Lipinski definition) is 0. The second kappa shape index (κ2) is 3.90. The first kappa shape index (κ1) is 7.96. The second-order valence-corrected chi connectivity index (χ2v) is 3.81. The number of allylic oxidation sites excluding steroid dienone is 2. The van der Waals surface area contributed by atoms with E-state index < -0.39 is 0 Å². The summed E-state index contributed by atoms with van der Waals surface area (Å²) in [7, 11) is 1.25. The van der Waals surface area contributed by atoms with Crippen LogP contribution in [0.1, 0.15) is 33.6 Å². The van der Waals surface area contributed by atoms with Gasteiger partial charge in [-0.25, -0.2) is 0 Å². The molecule has 0 aromatic rings. The van der Waals surface area contributed by atoms with Crippen molar-refractivity contribution in [3.05, 3.63) is 10.8 Å². The molecule has 0 aliphatic heterocycles. The van der Waals surface area contributed by atoms with Crippen molar-refractivity contribution in [2.75, 3.05) is 0 Å². The Morgan fingerprint density at radius 2 is 1.62 bits per heavy atom. The van der Waals surface area contributed by atoms with Gasteiger partial charge in [0.2, 0.25) is 0 Å². The molecule has 0 atom stereocenters. The second-order valence-electron chi connectivity index (χ2n) is 2.31. The van der Waals surface area contributed by atoms with Crippen molar-refractivity contribution >= 4 is 10.2 Å². The van der Waals surface area contributed by atoms with Crippen LogP contribution < -0.4 is 0 Å². The van der Waals surface area contributed by atoms with Gasteiger partial charge in [-0.2, -0.15) is 0 Å². The van der Waals surface area contributed by atoms with Gasteiger partial charge in [0.05, 0.1) is 0 Å². The lowest BCUT2D eigenvalue weighted by Gasteiger charge is -2.00. The minimum absolute atomic E-state index is 1.25. The molecule has 0 N–H and O–H groups in total. The van der Waals surface area contributed by atoms with E-state index in [-0.39, 0.29) is 0 Å². The van der Waals surface area contributed by atoms with Crippen LogP contribution in [0.25, 0.3) is 0 Å². The Hall–Kier alpha value is -0.0431. The monoisotopic (exact) mass is 128 g/mol. The Bertz CT molecular complexity index is 82.6. The van der Waals surface area contributed by atoms with Crippen LogP contribution in [0, 0.1) is 0 Å². The summed E-state index contributed by atoms with van der Waals surface area (Å²) in [4.78, 5) is 0. The van der Waals surface area contributed by atoms with Gasteiger partial charge in [0.15, 0.2) is 0 Å². The van der Waals surface area contributed by atoms with Crippen LogP contribution in [0.15, 0.2) is 10.8 Å². The lowest BCUT2D eigenvalue weighted by molar-refractivity contribution is 0.966. The largest absolute Gasteiger partial charge is 0.0956 e. The zero-order valence-electron chi connectivity index (χ0n) is 6.41. The lowest BCUT2D eigenvalue weighted by Crippen LogP contribution is -1.83. The van der Waals surface area contributed by atoms with Crippen LogP contribution in [0.2, 0.25) is 0 Å². The van der Waals surface area contributed by atoms with E-state index in [0.29, 0.717) is 0 Å². The SMILES string of the molecule is CCC(CC)=C(C)[SiH3]. The van der Waals surface area contributed by atoms with Crippen LogP contribution >= 0.6 is 0 Å². The average molecular weight is 128 g/mol. The molecule has 0 saturated heterocycles. The van der Waals surface area contributed by atoms with Crippen molar-refractivity contribution < 1.29 is 0 Å². The molecule has 0 aromatic heterocycles. The van der Waals surface area contributed by atoms with Crippen LogP contribution in [-0.2, 0) is 0 Å². The van der Waals surface area contributed by atoms with E-state index in [1.807, 2.05) is 0 Å². The van der Waals surface area contributed by atoms with E-state index >= 15 is 0 Å². The Balaban J connectivity index is 3.86. The molecule has 0 amide bonds. The highest BCUT2D eigenvalue weighted by Crippen LogP contribution is 2.08. The van der Waals surface area contributed by atoms with Crippen molar-refractivity contribution in [1.29, 1.82) is 0 Å². The Kier molecular flexibility index (Phi) is 3.88. The van der Waals surface area contributed by atoms with E-state index in [9.17, 15) is 0 Å². The average Bonchev–Trinajstić information content (AvgIpc) is 1.69. The molecule has 48 valence electrons. The molecular weight excluding hydrogens is 112 g/mol. The highest BCUT2D eigenvalue weighted by Gasteiger charge is 1.89. The molecule has 0 nitrogen and oxygen atoms in total. The van der Waals surface area contributed by atoms with E-state index in [1.165, 1.54) is 23.1 Å². The summed E-state index contributed by atoms with van der Waals surface area (Å²) >= 11 is 0. The molecule has 0 unspecified atom stereocenters. The van der Waals surface area contributed by atoms with Gasteiger partial charge in [-0.3, -0.25) is 0 Å². The molecule has 0 radical (unpaired) electrons. The Morgan fingerprint density at radius 1 is 1.25 bits per heavy atom. The molecule has 8 heavy (non-hydrogen) atoms. The first-order valence-corrected chi connectivity index (χ1v) is 4.37. The smallest absolute Gasteiger partial charge is 0.0328 e. The quantitative estimate of drug-likeness (QED) is 0.494. The van der Waals surface area contributed by atoms with Gasteiger partial charge in [0, 0.05) is 10.2 Å². The summed E-state index contributed by atoms with van der Waals surface area (Å²) in [6, 6.07) is 0. The summed E-state index contributed by atoms with van der Waals surface area (Å²) in [6.07, 6.45) is 2.51. The van der Waals surface area contributed by atoms with Gasteiger partial charge in [-0.15, -0.1) is 0 Å². The third-order valence-corrected chi connectivity index (χ3v) is 2.27. The summed E-state index contributed by atoms with van der Waals surface area (Å²) in [5.74, 6) is 0. The maximum absolute atomic E-state index is 2.24. The fourth-order valence-electron chi connectivity index (χ4n) is 0.957.